The van der Waals surface area contributed by atoms with Gasteiger partial charge in [0, 0.05) is 29.5 Å². The van der Waals surface area contributed by atoms with E-state index in [-0.39, 0.29) is 37.6 Å². The van der Waals surface area contributed by atoms with E-state index in [1.54, 1.807) is 0 Å². The first-order valence-corrected chi connectivity index (χ1v) is 7.11. The number of rotatable bonds is 2. The second-order valence-corrected chi connectivity index (χ2v) is 5.99. The third-order valence-electron chi connectivity index (χ3n) is 5.06. The zero-order chi connectivity index (χ0) is 13.7. The van der Waals surface area contributed by atoms with Gasteiger partial charge in [0.25, 0.3) is 0 Å². The van der Waals surface area contributed by atoms with Gasteiger partial charge in [0.1, 0.15) is 0 Å². The average molecular weight is 304 g/mol. The highest BCUT2D eigenvalue weighted by Gasteiger charge is 2.57. The van der Waals surface area contributed by atoms with Crippen LogP contribution in [-0.2, 0) is 0 Å². The summed E-state index contributed by atoms with van der Waals surface area (Å²) in [7, 11) is 0. The smallest absolute Gasteiger partial charge is 0.190 e. The molecular formula is C17H18ClNO2. The standard InChI is InChI=1S/C17H18NO2.ClH/c19-10-17(11-20)9-15-12-5-1-2-6-13(12)16(17)14-7-3-4-8-18(14)15;/h1-8,15-16,19-20H,9-11H2;1H/q+1;/p-1. The minimum absolute atomic E-state index is 0. The van der Waals surface area contributed by atoms with Crippen molar-refractivity contribution in [2.75, 3.05) is 13.2 Å². The molecular weight excluding hydrogens is 286 g/mol. The molecule has 0 amide bonds. The zero-order valence-electron chi connectivity index (χ0n) is 11.6. The van der Waals surface area contributed by atoms with Crippen molar-refractivity contribution in [1.29, 1.82) is 0 Å². The molecule has 3 aliphatic rings. The van der Waals surface area contributed by atoms with E-state index in [2.05, 4.69) is 35.0 Å². The number of fused-ring (bicyclic) bond motifs is 1. The highest BCUT2D eigenvalue weighted by Crippen LogP contribution is 2.54. The highest BCUT2D eigenvalue weighted by molar-refractivity contribution is 5.43. The molecule has 0 fully saturated rings. The largest absolute Gasteiger partial charge is 1.00 e. The molecule has 2 aliphatic heterocycles. The number of hydrogen-bond acceptors (Lipinski definition) is 2. The fraction of sp³-hybridized carbons (Fsp3) is 0.353. The number of aliphatic hydroxyl groups excluding tert-OH is 2. The summed E-state index contributed by atoms with van der Waals surface area (Å²) in [5.41, 5.74) is 3.35. The number of aliphatic hydroxyl groups is 2. The first-order chi connectivity index (χ1) is 9.80. The number of hydrogen-bond donors (Lipinski definition) is 2. The molecule has 2 bridgehead atoms. The van der Waals surface area contributed by atoms with Crippen LogP contribution in [0.3, 0.4) is 0 Å². The molecule has 110 valence electrons. The maximum atomic E-state index is 9.95. The van der Waals surface area contributed by atoms with Crippen molar-refractivity contribution >= 4 is 0 Å². The van der Waals surface area contributed by atoms with Crippen LogP contribution in [0.15, 0.2) is 48.7 Å². The van der Waals surface area contributed by atoms with E-state index in [1.165, 1.54) is 16.8 Å². The molecule has 0 radical (unpaired) electrons. The molecule has 2 aromatic rings. The summed E-state index contributed by atoms with van der Waals surface area (Å²) in [6.45, 7) is 0.0434. The fourth-order valence-electron chi connectivity index (χ4n) is 4.10. The SMILES string of the molecule is OCC1(CO)CC2c3ccccc3C1c1cccc[n+]12.[Cl-]. The number of halogens is 1. The van der Waals surface area contributed by atoms with Gasteiger partial charge in [-0.2, -0.15) is 4.57 Å². The van der Waals surface area contributed by atoms with Gasteiger partial charge in [-0.3, -0.25) is 0 Å². The quantitative estimate of drug-likeness (QED) is 0.656. The molecule has 0 saturated heterocycles. The number of pyridine rings is 1. The Bertz CT molecular complexity index is 622. The zero-order valence-corrected chi connectivity index (χ0v) is 12.4. The molecule has 21 heavy (non-hydrogen) atoms. The lowest BCUT2D eigenvalue weighted by Gasteiger charge is -2.47. The van der Waals surface area contributed by atoms with Crippen LogP contribution in [0.5, 0.6) is 0 Å². The Hall–Kier alpha value is -1.42. The monoisotopic (exact) mass is 303 g/mol. The van der Waals surface area contributed by atoms with Crippen LogP contribution in [0.4, 0.5) is 0 Å². The molecule has 0 spiro atoms. The number of benzene rings is 1. The van der Waals surface area contributed by atoms with Crippen LogP contribution in [0.25, 0.3) is 0 Å². The van der Waals surface area contributed by atoms with Crippen molar-refractivity contribution in [3.63, 3.8) is 0 Å². The first-order valence-electron chi connectivity index (χ1n) is 7.11. The van der Waals surface area contributed by atoms with Crippen molar-refractivity contribution in [3.8, 4) is 0 Å². The maximum absolute atomic E-state index is 9.95. The van der Waals surface area contributed by atoms with E-state index in [0.717, 1.165) is 6.42 Å². The van der Waals surface area contributed by atoms with Gasteiger partial charge < -0.3 is 22.6 Å². The first kappa shape index (κ1) is 14.5. The van der Waals surface area contributed by atoms with Crippen LogP contribution in [0.1, 0.15) is 35.2 Å². The van der Waals surface area contributed by atoms with Crippen LogP contribution < -0.4 is 17.0 Å². The predicted molar refractivity (Wildman–Crippen MR) is 74.3 cm³/mol. The minimum Gasteiger partial charge on any atom is -1.00 e. The summed E-state index contributed by atoms with van der Waals surface area (Å²) in [4.78, 5) is 0. The van der Waals surface area contributed by atoms with Crippen molar-refractivity contribution in [1.82, 2.24) is 0 Å². The van der Waals surface area contributed by atoms with Gasteiger partial charge in [-0.15, -0.1) is 0 Å². The minimum atomic E-state index is -0.444. The lowest BCUT2D eigenvalue weighted by atomic mass is 9.59. The normalized spacial score (nSPS) is 23.9. The Balaban J connectivity index is 0.00000132. The molecule has 3 heterocycles. The molecule has 5 rings (SSSR count). The second kappa shape index (κ2) is 5.09. The van der Waals surface area contributed by atoms with E-state index in [4.69, 9.17) is 0 Å². The fourth-order valence-corrected chi connectivity index (χ4v) is 4.10. The van der Waals surface area contributed by atoms with Crippen molar-refractivity contribution in [2.45, 2.75) is 18.4 Å². The van der Waals surface area contributed by atoms with E-state index in [9.17, 15) is 10.2 Å². The van der Waals surface area contributed by atoms with E-state index < -0.39 is 5.41 Å². The molecule has 2 N–H and O–H groups in total. The van der Waals surface area contributed by atoms with Crippen molar-refractivity contribution < 1.29 is 27.2 Å². The Morgan fingerprint density at radius 3 is 2.38 bits per heavy atom. The third kappa shape index (κ3) is 1.78. The van der Waals surface area contributed by atoms with Gasteiger partial charge in [0.2, 0.25) is 0 Å². The summed E-state index contributed by atoms with van der Waals surface area (Å²) in [6, 6.07) is 14.9. The van der Waals surface area contributed by atoms with Crippen LogP contribution in [0, 0.1) is 5.41 Å². The highest BCUT2D eigenvalue weighted by atomic mass is 35.5. The Kier molecular flexibility index (Phi) is 3.52. The molecule has 0 saturated carbocycles. The van der Waals surface area contributed by atoms with Crippen molar-refractivity contribution in [3.05, 3.63) is 65.5 Å². The lowest BCUT2D eigenvalue weighted by Crippen LogP contribution is -3.00. The topological polar surface area (TPSA) is 44.3 Å². The van der Waals surface area contributed by atoms with Gasteiger partial charge in [0.05, 0.1) is 19.1 Å². The summed E-state index contributed by atoms with van der Waals surface area (Å²) < 4.78 is 2.30. The van der Waals surface area contributed by atoms with Gasteiger partial charge >= 0.3 is 0 Å². The maximum Gasteiger partial charge on any atom is 0.190 e. The molecule has 2 unspecified atom stereocenters. The van der Waals surface area contributed by atoms with Gasteiger partial charge in [-0.25, -0.2) is 0 Å². The van der Waals surface area contributed by atoms with Crippen LogP contribution >= 0.6 is 0 Å². The Morgan fingerprint density at radius 2 is 1.67 bits per heavy atom. The Labute approximate surface area is 130 Å². The molecule has 1 aromatic carbocycles. The van der Waals surface area contributed by atoms with Gasteiger partial charge in [-0.1, -0.05) is 30.3 Å². The molecule has 3 nitrogen and oxygen atoms in total. The van der Waals surface area contributed by atoms with Crippen LogP contribution in [0.2, 0.25) is 0 Å². The third-order valence-corrected chi connectivity index (χ3v) is 5.06. The summed E-state index contributed by atoms with van der Waals surface area (Å²) in [5, 5.41) is 19.9. The van der Waals surface area contributed by atoms with E-state index in [1.807, 2.05) is 18.2 Å². The molecule has 1 aliphatic carbocycles. The lowest BCUT2D eigenvalue weighted by molar-refractivity contribution is -0.735. The summed E-state index contributed by atoms with van der Waals surface area (Å²) >= 11 is 0. The van der Waals surface area contributed by atoms with Crippen LogP contribution in [-0.4, -0.2) is 23.4 Å². The predicted octanol–water partition coefficient (Wildman–Crippen LogP) is -1.61. The summed E-state index contributed by atoms with van der Waals surface area (Å²) in [6.07, 6.45) is 2.91. The number of aromatic nitrogens is 1. The van der Waals surface area contributed by atoms with E-state index in [0.29, 0.717) is 0 Å². The van der Waals surface area contributed by atoms with Crippen molar-refractivity contribution in [2.24, 2.45) is 5.41 Å². The average Bonchev–Trinajstić information content (AvgIpc) is 2.54. The molecule has 2 atom stereocenters. The number of nitrogens with zero attached hydrogens (tertiary/aromatic N) is 1. The molecule has 4 heteroatoms. The van der Waals surface area contributed by atoms with E-state index >= 15 is 0 Å². The molecule has 1 aromatic heterocycles. The van der Waals surface area contributed by atoms with Gasteiger partial charge in [0.15, 0.2) is 17.9 Å². The van der Waals surface area contributed by atoms with Gasteiger partial charge in [-0.05, 0) is 5.56 Å². The Morgan fingerprint density at radius 1 is 1.00 bits per heavy atom. The summed E-state index contributed by atoms with van der Waals surface area (Å²) in [5.74, 6) is 0.0694. The second-order valence-electron chi connectivity index (χ2n) is 5.99.